The molecule has 4 rings (SSSR count). The lowest BCUT2D eigenvalue weighted by atomic mass is 9.76. The van der Waals surface area contributed by atoms with Crippen LogP contribution in [0.2, 0.25) is 0 Å². The molecular weight excluding hydrogens is 703 g/mol. The summed E-state index contributed by atoms with van der Waals surface area (Å²) in [6.45, 7) is 8.39. The number of aromatic nitrogens is 2. The maximum Gasteiger partial charge on any atom is 0.429 e. The van der Waals surface area contributed by atoms with Gasteiger partial charge in [0.1, 0.15) is 17.5 Å². The Morgan fingerprint density at radius 2 is 1.81 bits per heavy atom. The van der Waals surface area contributed by atoms with Crippen LogP contribution in [-0.4, -0.2) is 71.0 Å². The van der Waals surface area contributed by atoms with Gasteiger partial charge in [-0.05, 0) is 70.6 Å². The second-order valence-corrected chi connectivity index (χ2v) is 13.5. The summed E-state index contributed by atoms with van der Waals surface area (Å²) < 4.78 is 59.3. The van der Waals surface area contributed by atoms with E-state index in [0.717, 1.165) is 0 Å². The van der Waals surface area contributed by atoms with E-state index in [2.05, 4.69) is 41.8 Å². The summed E-state index contributed by atoms with van der Waals surface area (Å²) in [7, 11) is 0. The largest absolute Gasteiger partial charge is 0.464 e. The molecule has 2 aliphatic rings. The molecule has 1 spiro atoms. The lowest BCUT2D eigenvalue weighted by Gasteiger charge is -2.39. The average Bonchev–Trinajstić information content (AvgIpc) is 3.27. The van der Waals surface area contributed by atoms with Crippen LogP contribution < -0.4 is 15.4 Å². The molecule has 1 amide bonds. The molecule has 3 heterocycles. The van der Waals surface area contributed by atoms with Gasteiger partial charge in [0.15, 0.2) is 0 Å². The lowest BCUT2D eigenvalue weighted by Crippen LogP contribution is -2.45. The quantitative estimate of drug-likeness (QED) is 0.335. The van der Waals surface area contributed by atoms with Gasteiger partial charge in [0.05, 0.1) is 6.61 Å². The summed E-state index contributed by atoms with van der Waals surface area (Å²) >= 11 is 6.39. The van der Waals surface area contributed by atoms with Crippen LogP contribution in [-0.2, 0) is 14.3 Å². The Morgan fingerprint density at radius 1 is 1.14 bits per heavy atom. The van der Waals surface area contributed by atoms with E-state index in [1.807, 2.05) is 4.90 Å². The first kappa shape index (κ1) is 33.1. The third kappa shape index (κ3) is 8.02. The Balaban J connectivity index is 1.52. The molecule has 1 aromatic heterocycles. The molecule has 2 fully saturated rings. The lowest BCUT2D eigenvalue weighted by molar-refractivity contribution is -0.198. The minimum Gasteiger partial charge on any atom is -0.464 e. The highest BCUT2D eigenvalue weighted by atomic mass is 79.9. The van der Waals surface area contributed by atoms with Crippen molar-refractivity contribution in [3.05, 3.63) is 38.8 Å². The minimum atomic E-state index is -4.75. The fraction of sp³-hybridized carbons (Fsp3) is 0.571. The van der Waals surface area contributed by atoms with Crippen molar-refractivity contribution in [2.45, 2.75) is 70.9 Å². The van der Waals surface area contributed by atoms with E-state index in [9.17, 15) is 22.8 Å². The van der Waals surface area contributed by atoms with Gasteiger partial charge >= 0.3 is 18.2 Å². The van der Waals surface area contributed by atoms with Crippen molar-refractivity contribution in [1.29, 1.82) is 0 Å². The number of esters is 1. The molecule has 0 aliphatic carbocycles. The molecular formula is C28H34Br2F3N5O5. The normalized spacial score (nSPS) is 19.3. The summed E-state index contributed by atoms with van der Waals surface area (Å²) in [6.07, 6.45) is -6.07. The van der Waals surface area contributed by atoms with Crippen molar-refractivity contribution >= 4 is 55.7 Å². The summed E-state index contributed by atoms with van der Waals surface area (Å²) in [6, 6.07) is 4.99. The second-order valence-electron chi connectivity index (χ2n) is 11.7. The zero-order valence-electron chi connectivity index (χ0n) is 24.2. The number of ether oxygens (including phenoxy) is 3. The average molecular weight is 737 g/mol. The number of carbonyl (C=O) groups is 2. The number of halogens is 5. The Hall–Kier alpha value is -2.81. The van der Waals surface area contributed by atoms with Gasteiger partial charge in [0.25, 0.3) is 0 Å². The van der Waals surface area contributed by atoms with E-state index in [4.69, 9.17) is 19.9 Å². The van der Waals surface area contributed by atoms with Gasteiger partial charge in [0.2, 0.25) is 17.9 Å². The van der Waals surface area contributed by atoms with Crippen molar-refractivity contribution in [2.75, 3.05) is 36.9 Å². The number of nitrogens with zero attached hydrogens (tertiary/aromatic N) is 4. The van der Waals surface area contributed by atoms with Gasteiger partial charge in [-0.3, -0.25) is 4.90 Å². The molecule has 2 aromatic rings. The van der Waals surface area contributed by atoms with Crippen LogP contribution in [0.1, 0.15) is 58.6 Å². The van der Waals surface area contributed by atoms with Crippen LogP contribution >= 0.6 is 31.9 Å². The summed E-state index contributed by atoms with van der Waals surface area (Å²) in [5, 5.41) is 0. The standard InChI is InChI=1S/C28H34Br2F3N5O5/c1-5-41-23(39)19-14-27(15-38(19)25(40)43-26(2,3)4)8-10-37(11-9-27)20-13-21(36-24(34)35-20)42-22(28(31,32)33)17-12-16(29)6-7-18(17)30/h6-7,12-13,19,22H,5,8-11,14-15H2,1-4H3,(H2,34,35,36)/t19?,22-/m1/s1. The number of likely N-dealkylation sites (tertiary alicyclic amines) is 1. The number of hydrogen-bond donors (Lipinski definition) is 1. The molecule has 0 saturated carbocycles. The van der Waals surface area contributed by atoms with Crippen LogP contribution in [0.15, 0.2) is 33.2 Å². The van der Waals surface area contributed by atoms with Crippen molar-refractivity contribution in [3.8, 4) is 5.88 Å². The van der Waals surface area contributed by atoms with Gasteiger partial charge in [0, 0.05) is 40.2 Å². The summed E-state index contributed by atoms with van der Waals surface area (Å²) in [4.78, 5) is 37.3. The summed E-state index contributed by atoms with van der Waals surface area (Å²) in [5.41, 5.74) is 4.66. The molecule has 0 radical (unpaired) electrons. The third-order valence-electron chi connectivity index (χ3n) is 7.33. The second kappa shape index (κ2) is 12.7. The number of rotatable bonds is 6. The van der Waals surface area contributed by atoms with Crippen molar-refractivity contribution in [2.24, 2.45) is 5.41 Å². The Bertz CT molecular complexity index is 1350. The molecule has 10 nitrogen and oxygen atoms in total. The highest BCUT2D eigenvalue weighted by molar-refractivity contribution is 9.11. The Labute approximate surface area is 264 Å². The van der Waals surface area contributed by atoms with E-state index in [0.29, 0.717) is 49.2 Å². The smallest absolute Gasteiger partial charge is 0.429 e. The molecule has 43 heavy (non-hydrogen) atoms. The molecule has 2 N–H and O–H groups in total. The number of piperidine rings is 1. The van der Waals surface area contributed by atoms with Crippen LogP contribution in [0, 0.1) is 5.41 Å². The number of benzene rings is 1. The molecule has 2 atom stereocenters. The molecule has 2 aliphatic heterocycles. The third-order valence-corrected chi connectivity index (χ3v) is 8.54. The van der Waals surface area contributed by atoms with Crippen LogP contribution in [0.5, 0.6) is 5.88 Å². The van der Waals surface area contributed by atoms with E-state index in [-0.39, 0.29) is 33.9 Å². The maximum absolute atomic E-state index is 14.1. The number of amides is 1. The zero-order valence-corrected chi connectivity index (χ0v) is 27.4. The fourth-order valence-electron chi connectivity index (χ4n) is 5.39. The molecule has 1 aromatic carbocycles. The van der Waals surface area contributed by atoms with Crippen molar-refractivity contribution in [1.82, 2.24) is 14.9 Å². The van der Waals surface area contributed by atoms with Gasteiger partial charge in [-0.1, -0.05) is 31.9 Å². The van der Waals surface area contributed by atoms with E-state index in [1.165, 1.54) is 23.1 Å². The first-order chi connectivity index (χ1) is 20.0. The van der Waals surface area contributed by atoms with E-state index < -0.39 is 36.0 Å². The first-order valence-electron chi connectivity index (χ1n) is 13.7. The Morgan fingerprint density at radius 3 is 2.42 bits per heavy atom. The highest BCUT2D eigenvalue weighted by Crippen LogP contribution is 2.45. The Kier molecular flexibility index (Phi) is 9.74. The van der Waals surface area contributed by atoms with E-state index >= 15 is 0 Å². The molecule has 2 saturated heterocycles. The number of carbonyl (C=O) groups excluding carboxylic acids is 2. The van der Waals surface area contributed by atoms with E-state index in [1.54, 1.807) is 33.8 Å². The SMILES string of the molecule is CCOC(=O)C1CC2(CCN(c3cc(O[C@H](c4cc(Br)ccc4Br)C(F)(F)F)nc(N)n3)CC2)CN1C(=O)OC(C)(C)C. The number of nitrogens with two attached hydrogens (primary N) is 1. The number of alkyl halides is 3. The fourth-order valence-corrected chi connectivity index (χ4v) is 6.22. The molecule has 15 heteroatoms. The predicted molar refractivity (Wildman–Crippen MR) is 160 cm³/mol. The predicted octanol–water partition coefficient (Wildman–Crippen LogP) is 6.43. The highest BCUT2D eigenvalue weighted by Gasteiger charge is 2.51. The number of nitrogen functional groups attached to an aromatic ring is 1. The monoisotopic (exact) mass is 735 g/mol. The first-order valence-corrected chi connectivity index (χ1v) is 15.3. The minimum absolute atomic E-state index is 0.132. The topological polar surface area (TPSA) is 120 Å². The van der Waals surface area contributed by atoms with Crippen molar-refractivity contribution < 1.29 is 37.0 Å². The summed E-state index contributed by atoms with van der Waals surface area (Å²) in [5.74, 6) is -0.720. The van der Waals surface area contributed by atoms with Crippen LogP contribution in [0.25, 0.3) is 0 Å². The molecule has 1 unspecified atom stereocenters. The molecule has 0 bridgehead atoms. The van der Waals surface area contributed by atoms with Gasteiger partial charge in [-0.2, -0.15) is 23.1 Å². The maximum atomic E-state index is 14.1. The van der Waals surface area contributed by atoms with Gasteiger partial charge in [-0.25, -0.2) is 9.59 Å². The van der Waals surface area contributed by atoms with Crippen LogP contribution in [0.4, 0.5) is 29.7 Å². The van der Waals surface area contributed by atoms with Crippen molar-refractivity contribution in [3.63, 3.8) is 0 Å². The van der Waals surface area contributed by atoms with Gasteiger partial charge < -0.3 is 24.8 Å². The van der Waals surface area contributed by atoms with Crippen LogP contribution in [0.3, 0.4) is 0 Å². The zero-order chi connectivity index (χ0) is 31.7. The number of hydrogen-bond acceptors (Lipinski definition) is 9. The van der Waals surface area contributed by atoms with Gasteiger partial charge in [-0.15, -0.1) is 0 Å². The molecule has 236 valence electrons. The number of anilines is 2.